The van der Waals surface area contributed by atoms with Crippen molar-refractivity contribution in [2.75, 3.05) is 12.9 Å². The van der Waals surface area contributed by atoms with Gasteiger partial charge in [-0.1, -0.05) is 35.0 Å². The number of thioether (sulfide) groups is 1. The minimum atomic E-state index is -0.312. The summed E-state index contributed by atoms with van der Waals surface area (Å²) in [5, 5.41) is 12.9. The molecule has 0 spiro atoms. The van der Waals surface area contributed by atoms with Crippen LogP contribution in [0.2, 0.25) is 10.0 Å². The highest BCUT2D eigenvalue weighted by atomic mass is 127. The van der Waals surface area contributed by atoms with Gasteiger partial charge in [0.25, 0.3) is 17.0 Å². The average molecular weight is 719 g/mol. The van der Waals surface area contributed by atoms with Gasteiger partial charge in [0.15, 0.2) is 6.61 Å². The fourth-order valence-corrected chi connectivity index (χ4v) is 5.57. The Balaban J connectivity index is 1.45. The van der Waals surface area contributed by atoms with Gasteiger partial charge in [-0.25, -0.2) is 5.43 Å². The number of halogens is 4. The number of ether oxygens (including phenoxy) is 2. The molecule has 8 nitrogen and oxygen atoms in total. The Morgan fingerprint density at radius 2 is 2.00 bits per heavy atom. The van der Waals surface area contributed by atoms with Gasteiger partial charge in [-0.15, -0.1) is 10.2 Å². The SMILES string of the molecule is COc1c(I)cc(/C=N\NC(=O)CSc2nnc(COc3ccc(Cl)cc3Cl)o2)cc1I. The summed E-state index contributed by atoms with van der Waals surface area (Å²) in [4.78, 5) is 12.0. The average Bonchev–Trinajstić information content (AvgIpc) is 3.19. The quantitative estimate of drug-likeness (QED) is 0.137. The number of hydrogen-bond donors (Lipinski definition) is 1. The molecule has 0 saturated carbocycles. The van der Waals surface area contributed by atoms with Gasteiger partial charge in [-0.05, 0) is 81.1 Å². The largest absolute Gasteiger partial charge is 0.495 e. The lowest BCUT2D eigenvalue weighted by Gasteiger charge is -2.06. The zero-order chi connectivity index (χ0) is 23.1. The molecule has 1 amide bonds. The van der Waals surface area contributed by atoms with E-state index in [2.05, 4.69) is 65.9 Å². The first-order valence-electron chi connectivity index (χ1n) is 8.73. The van der Waals surface area contributed by atoms with Gasteiger partial charge in [0, 0.05) is 5.02 Å². The number of carbonyl (C=O) groups excluding carboxylic acids is 1. The maximum atomic E-state index is 12.0. The van der Waals surface area contributed by atoms with Gasteiger partial charge in [-0.3, -0.25) is 4.79 Å². The number of aromatic nitrogens is 2. The van der Waals surface area contributed by atoms with E-state index < -0.39 is 0 Å². The normalized spacial score (nSPS) is 11.0. The van der Waals surface area contributed by atoms with Crippen LogP contribution in [0.1, 0.15) is 11.5 Å². The molecule has 0 aliphatic carbocycles. The van der Waals surface area contributed by atoms with E-state index in [4.69, 9.17) is 37.1 Å². The third-order valence-electron chi connectivity index (χ3n) is 3.65. The van der Waals surface area contributed by atoms with Crippen LogP contribution in [0, 0.1) is 7.14 Å². The molecule has 0 fully saturated rings. The summed E-state index contributed by atoms with van der Waals surface area (Å²) >= 11 is 17.4. The number of nitrogens with one attached hydrogen (secondary N) is 1. The Bertz CT molecular complexity index is 1120. The predicted molar refractivity (Wildman–Crippen MR) is 140 cm³/mol. The topological polar surface area (TPSA) is 98.8 Å². The lowest BCUT2D eigenvalue weighted by atomic mass is 10.2. The van der Waals surface area contributed by atoms with Crippen LogP contribution in [0.3, 0.4) is 0 Å². The molecule has 2 aromatic carbocycles. The molecule has 1 heterocycles. The van der Waals surface area contributed by atoms with E-state index in [9.17, 15) is 4.79 Å². The zero-order valence-electron chi connectivity index (χ0n) is 16.3. The van der Waals surface area contributed by atoms with Crippen LogP contribution in [0.4, 0.5) is 0 Å². The maximum Gasteiger partial charge on any atom is 0.277 e. The van der Waals surface area contributed by atoms with Gasteiger partial charge in [0.05, 0.1) is 31.2 Å². The molecule has 13 heteroatoms. The van der Waals surface area contributed by atoms with E-state index in [1.165, 1.54) is 0 Å². The minimum Gasteiger partial charge on any atom is -0.495 e. The molecule has 168 valence electrons. The van der Waals surface area contributed by atoms with Crippen molar-refractivity contribution in [3.05, 3.63) is 59.0 Å². The van der Waals surface area contributed by atoms with Crippen molar-refractivity contribution >= 4 is 92.3 Å². The van der Waals surface area contributed by atoms with Crippen molar-refractivity contribution in [2.45, 2.75) is 11.8 Å². The summed E-state index contributed by atoms with van der Waals surface area (Å²) in [5.74, 6) is 1.25. The van der Waals surface area contributed by atoms with E-state index in [1.54, 1.807) is 31.5 Å². The molecule has 0 bridgehead atoms. The first kappa shape index (κ1) is 25.3. The van der Waals surface area contributed by atoms with Gasteiger partial charge in [0.2, 0.25) is 0 Å². The summed E-state index contributed by atoms with van der Waals surface area (Å²) < 4.78 is 18.2. The van der Waals surface area contributed by atoms with Crippen molar-refractivity contribution < 1.29 is 18.7 Å². The molecule has 3 aromatic rings. The molecule has 0 aliphatic heterocycles. The third-order valence-corrected chi connectivity index (χ3v) is 6.60. The van der Waals surface area contributed by atoms with Crippen molar-refractivity contribution in [3.63, 3.8) is 0 Å². The van der Waals surface area contributed by atoms with Crippen LogP contribution < -0.4 is 14.9 Å². The first-order chi connectivity index (χ1) is 15.4. The Labute approximate surface area is 225 Å². The molecule has 0 saturated heterocycles. The second kappa shape index (κ2) is 12.3. The number of hydrazone groups is 1. The number of rotatable bonds is 9. The summed E-state index contributed by atoms with van der Waals surface area (Å²) in [5.41, 5.74) is 3.31. The molecular formula is C19H14Cl2I2N4O4S. The standard InChI is InChI=1S/C19H14Cl2I2N4O4S/c1-29-18-13(22)4-10(5-14(18)23)7-24-25-16(28)9-32-19-27-26-17(31-19)8-30-15-3-2-11(20)6-12(15)21/h2-7H,8-9H2,1H3,(H,25,28)/b24-7-. The smallest absolute Gasteiger partial charge is 0.277 e. The van der Waals surface area contributed by atoms with Crippen LogP contribution in [-0.4, -0.2) is 35.2 Å². The predicted octanol–water partition coefficient (Wildman–Crippen LogP) is 5.42. The summed E-state index contributed by atoms with van der Waals surface area (Å²) in [6, 6.07) is 8.70. The second-order valence-corrected chi connectivity index (χ2v) is 10.0. The van der Waals surface area contributed by atoms with Crippen LogP contribution in [0.15, 0.2) is 45.1 Å². The van der Waals surface area contributed by atoms with E-state index >= 15 is 0 Å². The highest BCUT2D eigenvalue weighted by Crippen LogP contribution is 2.29. The van der Waals surface area contributed by atoms with Gasteiger partial charge >= 0.3 is 0 Å². The Kier molecular flexibility index (Phi) is 9.70. The molecule has 0 aliphatic rings. The van der Waals surface area contributed by atoms with Crippen LogP contribution in [0.5, 0.6) is 11.5 Å². The molecule has 0 radical (unpaired) electrons. The van der Waals surface area contributed by atoms with Crippen molar-refractivity contribution in [3.8, 4) is 11.5 Å². The van der Waals surface area contributed by atoms with Gasteiger partial charge < -0.3 is 13.9 Å². The fourth-order valence-electron chi connectivity index (χ4n) is 2.27. The zero-order valence-corrected chi connectivity index (χ0v) is 22.9. The molecule has 32 heavy (non-hydrogen) atoms. The summed E-state index contributed by atoms with van der Waals surface area (Å²) in [6.07, 6.45) is 1.57. The Morgan fingerprint density at radius 3 is 2.69 bits per heavy atom. The lowest BCUT2D eigenvalue weighted by Crippen LogP contribution is -2.19. The number of methoxy groups -OCH3 is 1. The van der Waals surface area contributed by atoms with Crippen molar-refractivity contribution in [1.29, 1.82) is 0 Å². The number of carbonyl (C=O) groups is 1. The molecule has 1 aromatic heterocycles. The molecule has 0 unspecified atom stereocenters. The maximum absolute atomic E-state index is 12.0. The van der Waals surface area contributed by atoms with Crippen LogP contribution in [-0.2, 0) is 11.4 Å². The number of amides is 1. The monoisotopic (exact) mass is 718 g/mol. The van der Waals surface area contributed by atoms with Crippen molar-refractivity contribution in [1.82, 2.24) is 15.6 Å². The van der Waals surface area contributed by atoms with E-state index in [-0.39, 0.29) is 29.4 Å². The van der Waals surface area contributed by atoms with E-state index in [0.717, 1.165) is 30.2 Å². The number of hydrogen-bond acceptors (Lipinski definition) is 8. The number of nitrogens with zero attached hydrogens (tertiary/aromatic N) is 3. The summed E-state index contributed by atoms with van der Waals surface area (Å²) in [6.45, 7) is 0.0326. The lowest BCUT2D eigenvalue weighted by molar-refractivity contribution is -0.118. The third kappa shape index (κ3) is 7.37. The number of benzene rings is 2. The van der Waals surface area contributed by atoms with Crippen molar-refractivity contribution in [2.24, 2.45) is 5.10 Å². The molecule has 0 atom stereocenters. The van der Waals surface area contributed by atoms with Gasteiger partial charge in [0.1, 0.15) is 11.5 Å². The molecular weight excluding hydrogens is 705 g/mol. The van der Waals surface area contributed by atoms with Crippen LogP contribution >= 0.6 is 80.1 Å². The minimum absolute atomic E-state index is 0.0326. The van der Waals surface area contributed by atoms with Gasteiger partial charge in [-0.2, -0.15) is 5.10 Å². The molecule has 1 N–H and O–H groups in total. The van der Waals surface area contributed by atoms with Crippen LogP contribution in [0.25, 0.3) is 0 Å². The fraction of sp³-hybridized carbons (Fsp3) is 0.158. The molecule has 3 rings (SSSR count). The van der Waals surface area contributed by atoms with E-state index in [0.29, 0.717) is 15.8 Å². The second-order valence-electron chi connectivity index (χ2n) is 5.92. The van der Waals surface area contributed by atoms with E-state index in [1.807, 2.05) is 12.1 Å². The Hall–Kier alpha value is -1.29. The highest BCUT2D eigenvalue weighted by Gasteiger charge is 2.11. The summed E-state index contributed by atoms with van der Waals surface area (Å²) in [7, 11) is 1.62. The highest BCUT2D eigenvalue weighted by molar-refractivity contribution is 14.1. The Morgan fingerprint density at radius 1 is 1.25 bits per heavy atom. The first-order valence-corrected chi connectivity index (χ1v) is 12.6.